The van der Waals surface area contributed by atoms with E-state index in [2.05, 4.69) is 75.6 Å². The fraction of sp³-hybridized carbons (Fsp3) is 0.333. The van der Waals surface area contributed by atoms with Gasteiger partial charge < -0.3 is 19.2 Å². The van der Waals surface area contributed by atoms with Gasteiger partial charge in [-0.1, -0.05) is 106 Å². The lowest BCUT2D eigenvalue weighted by molar-refractivity contribution is -0.136. The van der Waals surface area contributed by atoms with Crippen molar-refractivity contribution in [1.29, 1.82) is 0 Å². The third kappa shape index (κ3) is 6.65. The van der Waals surface area contributed by atoms with Gasteiger partial charge in [-0.2, -0.15) is 0 Å². The number of ether oxygens (including phenoxy) is 2. The molecule has 40 heavy (non-hydrogen) atoms. The summed E-state index contributed by atoms with van der Waals surface area (Å²) in [5.41, 5.74) is 4.43. The smallest absolute Gasteiger partial charge is 0.407 e. The van der Waals surface area contributed by atoms with E-state index in [0.29, 0.717) is 17.8 Å². The molecule has 2 atom stereocenters. The number of nitrogens with one attached hydrogen (secondary N) is 1. The van der Waals surface area contributed by atoms with Gasteiger partial charge in [0.1, 0.15) is 6.61 Å². The first-order valence-corrected chi connectivity index (χ1v) is 16.5. The molecule has 7 heteroatoms. The van der Waals surface area contributed by atoms with Gasteiger partial charge in [-0.15, -0.1) is 0 Å². The fourth-order valence-corrected chi connectivity index (χ4v) is 5.75. The number of benzene rings is 3. The van der Waals surface area contributed by atoms with Crippen molar-refractivity contribution in [2.45, 2.75) is 63.9 Å². The van der Waals surface area contributed by atoms with Gasteiger partial charge in [-0.25, -0.2) is 9.59 Å². The van der Waals surface area contributed by atoms with Gasteiger partial charge in [0, 0.05) is 12.3 Å². The summed E-state index contributed by atoms with van der Waals surface area (Å²) in [5.74, 6) is -0.155. The Hall–Kier alpha value is -3.84. The van der Waals surface area contributed by atoms with Gasteiger partial charge in [0.25, 0.3) is 0 Å². The Morgan fingerprint density at radius 1 is 0.875 bits per heavy atom. The van der Waals surface area contributed by atoms with Gasteiger partial charge in [0.15, 0.2) is 0 Å². The molecule has 0 aliphatic heterocycles. The van der Waals surface area contributed by atoms with Gasteiger partial charge in [0.05, 0.1) is 24.5 Å². The second kappa shape index (κ2) is 12.1. The van der Waals surface area contributed by atoms with E-state index < -0.39 is 26.4 Å². The van der Waals surface area contributed by atoms with Gasteiger partial charge in [-0.3, -0.25) is 0 Å². The number of alkyl carbamates (subject to hydrolysis) is 1. The summed E-state index contributed by atoms with van der Waals surface area (Å²) in [6.45, 7) is 10.9. The lowest BCUT2D eigenvalue weighted by Crippen LogP contribution is -2.42. The van der Waals surface area contributed by atoms with Crippen molar-refractivity contribution >= 4 is 20.4 Å². The predicted molar refractivity (Wildman–Crippen MR) is 160 cm³/mol. The predicted octanol–water partition coefficient (Wildman–Crippen LogP) is 7.58. The minimum Gasteiger partial charge on any atom is -0.546 e. The number of amides is 1. The van der Waals surface area contributed by atoms with Crippen molar-refractivity contribution in [1.82, 2.24) is 5.32 Å². The number of hydrogen-bond donors (Lipinski definition) is 1. The average molecular weight is 558 g/mol. The first-order chi connectivity index (χ1) is 19.0. The van der Waals surface area contributed by atoms with Crippen LogP contribution in [-0.4, -0.2) is 33.5 Å². The molecule has 0 saturated heterocycles. The third-order valence-corrected chi connectivity index (χ3v) is 12.3. The number of esters is 1. The molecule has 1 amide bonds. The summed E-state index contributed by atoms with van der Waals surface area (Å²) in [7, 11) is -0.939. The molecular formula is C33H39NO5Si. The van der Waals surface area contributed by atoms with E-state index in [4.69, 9.17) is 13.9 Å². The second-order valence-electron chi connectivity index (χ2n) is 11.7. The summed E-state index contributed by atoms with van der Waals surface area (Å²) in [6.07, 6.45) is -0.139. The first-order valence-electron chi connectivity index (χ1n) is 13.6. The van der Waals surface area contributed by atoms with Crippen molar-refractivity contribution < 1.29 is 23.5 Å². The molecule has 0 bridgehead atoms. The molecule has 0 saturated carbocycles. The monoisotopic (exact) mass is 557 g/mol. The molecule has 1 aliphatic carbocycles. The summed E-state index contributed by atoms with van der Waals surface area (Å²) >= 11 is 0. The van der Waals surface area contributed by atoms with Crippen LogP contribution in [0.2, 0.25) is 18.1 Å². The van der Waals surface area contributed by atoms with Gasteiger partial charge in [-0.05, 0) is 40.4 Å². The van der Waals surface area contributed by atoms with Crippen LogP contribution in [0.4, 0.5) is 4.79 Å². The van der Waals surface area contributed by atoms with Crippen LogP contribution < -0.4 is 5.32 Å². The fourth-order valence-electron chi connectivity index (χ4n) is 4.64. The van der Waals surface area contributed by atoms with E-state index in [0.717, 1.165) is 22.3 Å². The van der Waals surface area contributed by atoms with Crippen LogP contribution in [0.1, 0.15) is 44.2 Å². The molecule has 0 aromatic heterocycles. The van der Waals surface area contributed by atoms with Gasteiger partial charge >= 0.3 is 12.1 Å². The summed E-state index contributed by atoms with van der Waals surface area (Å²) in [6, 6.07) is 27.2. The maximum absolute atomic E-state index is 13.2. The van der Waals surface area contributed by atoms with Crippen molar-refractivity contribution in [3.05, 3.63) is 107 Å². The summed E-state index contributed by atoms with van der Waals surface area (Å²) < 4.78 is 17.5. The van der Waals surface area contributed by atoms with Crippen LogP contribution >= 0.6 is 0 Å². The van der Waals surface area contributed by atoms with E-state index >= 15 is 0 Å². The molecule has 0 spiro atoms. The standard InChI is InChI=1S/C33H39NO5Si/c1-33(2,3)40(5,6)39-28-21-27(26-19-17-25(18-20-26)24-15-11-8-12-16-24)30(29(28)31(35)37-4)34-32(36)38-22-23-13-9-7-10-14-23/h7-20,27,30H,21-22H2,1-6H3,(H,34,36)/t27-,30-/m1/s1. The highest BCUT2D eigenvalue weighted by Gasteiger charge is 2.46. The minimum absolute atomic E-state index is 0.0752. The maximum Gasteiger partial charge on any atom is 0.407 e. The molecule has 0 fully saturated rings. The average Bonchev–Trinajstić information content (AvgIpc) is 3.28. The van der Waals surface area contributed by atoms with Crippen LogP contribution in [0, 0.1) is 0 Å². The zero-order chi connectivity index (χ0) is 28.9. The van der Waals surface area contributed by atoms with E-state index in [-0.39, 0.29) is 17.6 Å². The molecule has 0 radical (unpaired) electrons. The highest BCUT2D eigenvalue weighted by Crippen LogP contribution is 2.45. The highest BCUT2D eigenvalue weighted by molar-refractivity contribution is 6.74. The summed E-state index contributed by atoms with van der Waals surface area (Å²) in [4.78, 5) is 26.3. The number of carbonyl (C=O) groups is 2. The van der Waals surface area contributed by atoms with Crippen LogP contribution in [0.15, 0.2) is 96.3 Å². The van der Waals surface area contributed by atoms with Crippen LogP contribution in [0.25, 0.3) is 11.1 Å². The zero-order valence-corrected chi connectivity index (χ0v) is 25.2. The molecule has 3 aromatic rings. The van der Waals surface area contributed by atoms with Crippen molar-refractivity contribution in [3.63, 3.8) is 0 Å². The largest absolute Gasteiger partial charge is 0.546 e. The molecule has 210 valence electrons. The van der Waals surface area contributed by atoms with E-state index in [9.17, 15) is 9.59 Å². The Bertz CT molecular complexity index is 1350. The Kier molecular flexibility index (Phi) is 8.84. The number of allylic oxidation sites excluding steroid dienone is 1. The molecular weight excluding hydrogens is 518 g/mol. The lowest BCUT2D eigenvalue weighted by atomic mass is 9.90. The van der Waals surface area contributed by atoms with E-state index in [1.54, 1.807) is 0 Å². The van der Waals surface area contributed by atoms with Gasteiger partial charge in [0.2, 0.25) is 8.32 Å². The van der Waals surface area contributed by atoms with E-state index in [1.165, 1.54) is 7.11 Å². The number of methoxy groups -OCH3 is 1. The lowest BCUT2D eigenvalue weighted by Gasteiger charge is -2.37. The SMILES string of the molecule is COC(=O)C1=C(O[Si](C)(C)C(C)(C)C)C[C@H](c2ccc(-c3ccccc3)cc2)[C@H]1NC(=O)OCc1ccccc1. The Balaban J connectivity index is 1.67. The topological polar surface area (TPSA) is 73.9 Å². The quantitative estimate of drug-likeness (QED) is 0.228. The van der Waals surface area contributed by atoms with Crippen molar-refractivity contribution in [2.24, 2.45) is 0 Å². The Morgan fingerprint density at radius 3 is 2.02 bits per heavy atom. The maximum atomic E-state index is 13.2. The Labute approximate surface area is 238 Å². The Morgan fingerprint density at radius 2 is 1.45 bits per heavy atom. The summed E-state index contributed by atoms with van der Waals surface area (Å²) in [5, 5.41) is 2.90. The van der Waals surface area contributed by atoms with Crippen LogP contribution in [-0.2, 0) is 25.3 Å². The molecule has 0 heterocycles. The normalized spacial score (nSPS) is 17.4. The molecule has 1 aliphatic rings. The molecule has 1 N–H and O–H groups in total. The molecule has 0 unspecified atom stereocenters. The molecule has 6 nitrogen and oxygen atoms in total. The van der Waals surface area contributed by atoms with Crippen LogP contribution in [0.3, 0.4) is 0 Å². The van der Waals surface area contributed by atoms with E-state index in [1.807, 2.05) is 48.5 Å². The number of hydrogen-bond acceptors (Lipinski definition) is 5. The molecule has 4 rings (SSSR count). The number of rotatable bonds is 8. The van der Waals surface area contributed by atoms with Crippen LogP contribution in [0.5, 0.6) is 0 Å². The van der Waals surface area contributed by atoms with Crippen molar-refractivity contribution in [2.75, 3.05) is 7.11 Å². The second-order valence-corrected chi connectivity index (χ2v) is 16.4. The zero-order valence-electron chi connectivity index (χ0n) is 24.2. The highest BCUT2D eigenvalue weighted by atomic mass is 28.4. The minimum atomic E-state index is -2.29. The number of carbonyl (C=O) groups excluding carboxylic acids is 2. The third-order valence-electron chi connectivity index (χ3n) is 7.94. The van der Waals surface area contributed by atoms with Crippen molar-refractivity contribution in [3.8, 4) is 11.1 Å². The first kappa shape index (κ1) is 29.1. The molecule has 3 aromatic carbocycles.